The van der Waals surface area contributed by atoms with Crippen molar-refractivity contribution < 1.29 is 14.1 Å². The summed E-state index contributed by atoms with van der Waals surface area (Å²) in [6.45, 7) is 2.29. The lowest BCUT2D eigenvalue weighted by atomic mass is 10.3. The largest absolute Gasteiger partial charge is 0.360 e. The molecule has 2 amide bonds. The molecule has 0 saturated heterocycles. The van der Waals surface area contributed by atoms with Gasteiger partial charge < -0.3 is 19.3 Å². The van der Waals surface area contributed by atoms with Crippen molar-refractivity contribution in [3.8, 4) is 0 Å². The summed E-state index contributed by atoms with van der Waals surface area (Å²) in [5, 5.41) is 8.30. The summed E-state index contributed by atoms with van der Waals surface area (Å²) in [6.07, 6.45) is 1.86. The summed E-state index contributed by atoms with van der Waals surface area (Å²) in [7, 11) is 1.60. The molecule has 0 saturated carbocycles. The van der Waals surface area contributed by atoms with Crippen LogP contribution in [0.1, 0.15) is 21.1 Å². The molecular formula is C17H18N4O3S. The van der Waals surface area contributed by atoms with Gasteiger partial charge in [-0.05, 0) is 30.5 Å². The van der Waals surface area contributed by atoms with Gasteiger partial charge in [0.15, 0.2) is 5.82 Å². The van der Waals surface area contributed by atoms with Gasteiger partial charge in [0.25, 0.3) is 5.91 Å². The van der Waals surface area contributed by atoms with Gasteiger partial charge in [-0.25, -0.2) is 0 Å². The van der Waals surface area contributed by atoms with Crippen molar-refractivity contribution in [1.82, 2.24) is 14.6 Å². The van der Waals surface area contributed by atoms with Gasteiger partial charge in [0.05, 0.1) is 13.1 Å². The molecule has 0 fully saturated rings. The summed E-state index contributed by atoms with van der Waals surface area (Å²) < 4.78 is 6.77. The fourth-order valence-corrected chi connectivity index (χ4v) is 3.11. The molecule has 1 N–H and O–H groups in total. The molecule has 0 bridgehead atoms. The molecule has 0 atom stereocenters. The summed E-state index contributed by atoms with van der Waals surface area (Å²) in [4.78, 5) is 27.2. The summed E-state index contributed by atoms with van der Waals surface area (Å²) in [5.74, 6) is 0.393. The molecule has 130 valence electrons. The molecule has 3 rings (SSSR count). The number of carbonyl (C=O) groups excluding carboxylic acids is 2. The number of likely N-dealkylation sites (N-methyl/N-ethyl adjacent to an activating group) is 1. The second-order valence-corrected chi connectivity index (χ2v) is 6.67. The second kappa shape index (κ2) is 7.35. The number of nitrogens with one attached hydrogen (secondary N) is 1. The first kappa shape index (κ1) is 17.0. The van der Waals surface area contributed by atoms with Gasteiger partial charge in [0, 0.05) is 24.2 Å². The number of anilines is 1. The highest BCUT2D eigenvalue weighted by molar-refractivity contribution is 7.09. The first-order chi connectivity index (χ1) is 12.0. The number of rotatable bonds is 6. The lowest BCUT2D eigenvalue weighted by Crippen LogP contribution is -2.36. The standard InChI is InChI=1S/C17H18N4O3S/c1-12-9-15(19-24-12)18-16(22)11-20(2)17(23)14-6-3-7-21(14)10-13-5-4-8-25-13/h3-9H,10-11H2,1-2H3,(H,18,19,22). The average Bonchev–Trinajstić information content (AvgIpc) is 3.30. The van der Waals surface area contributed by atoms with Gasteiger partial charge >= 0.3 is 0 Å². The lowest BCUT2D eigenvalue weighted by Gasteiger charge is -2.17. The van der Waals surface area contributed by atoms with Crippen LogP contribution >= 0.6 is 11.3 Å². The Morgan fingerprint density at radius 1 is 1.36 bits per heavy atom. The number of nitrogens with zero attached hydrogens (tertiary/aromatic N) is 3. The van der Waals surface area contributed by atoms with Gasteiger partial charge in [-0.15, -0.1) is 11.3 Å². The minimum Gasteiger partial charge on any atom is -0.360 e. The molecule has 3 aromatic heterocycles. The topological polar surface area (TPSA) is 80.4 Å². The fourth-order valence-electron chi connectivity index (χ4n) is 2.41. The van der Waals surface area contributed by atoms with E-state index >= 15 is 0 Å². The Bertz CT molecular complexity index is 866. The van der Waals surface area contributed by atoms with Crippen LogP contribution in [0.25, 0.3) is 0 Å². The van der Waals surface area contributed by atoms with E-state index in [2.05, 4.69) is 10.5 Å². The molecule has 0 spiro atoms. The number of hydrogen-bond acceptors (Lipinski definition) is 5. The van der Waals surface area contributed by atoms with Crippen molar-refractivity contribution >= 4 is 29.0 Å². The van der Waals surface area contributed by atoms with E-state index in [4.69, 9.17) is 4.52 Å². The van der Waals surface area contributed by atoms with Crippen LogP contribution in [0.5, 0.6) is 0 Å². The number of amides is 2. The van der Waals surface area contributed by atoms with E-state index in [0.29, 0.717) is 23.8 Å². The predicted molar refractivity (Wildman–Crippen MR) is 94.7 cm³/mol. The van der Waals surface area contributed by atoms with Gasteiger partial charge in [0.2, 0.25) is 5.91 Å². The average molecular weight is 358 g/mol. The second-order valence-electron chi connectivity index (χ2n) is 5.63. The first-order valence-electron chi connectivity index (χ1n) is 7.69. The van der Waals surface area contributed by atoms with Gasteiger partial charge in [-0.1, -0.05) is 11.2 Å². The highest BCUT2D eigenvalue weighted by Crippen LogP contribution is 2.14. The lowest BCUT2D eigenvalue weighted by molar-refractivity contribution is -0.116. The molecular weight excluding hydrogens is 340 g/mol. The zero-order valence-corrected chi connectivity index (χ0v) is 14.7. The van der Waals surface area contributed by atoms with Crippen LogP contribution in [0, 0.1) is 6.92 Å². The maximum atomic E-state index is 12.6. The minimum absolute atomic E-state index is 0.0745. The van der Waals surface area contributed by atoms with Gasteiger partial charge in [-0.3, -0.25) is 9.59 Å². The van der Waals surface area contributed by atoms with Crippen molar-refractivity contribution in [3.05, 3.63) is 58.2 Å². The summed E-state index contributed by atoms with van der Waals surface area (Å²) in [6, 6.07) is 9.20. The van der Waals surface area contributed by atoms with Crippen LogP contribution in [-0.2, 0) is 11.3 Å². The third kappa shape index (κ3) is 4.16. The Kier molecular flexibility index (Phi) is 4.99. The molecule has 0 aromatic carbocycles. The third-order valence-electron chi connectivity index (χ3n) is 3.58. The van der Waals surface area contributed by atoms with Crippen LogP contribution in [0.3, 0.4) is 0 Å². The molecule has 0 aliphatic rings. The van der Waals surface area contributed by atoms with Crippen LogP contribution in [-0.4, -0.2) is 40.0 Å². The molecule has 25 heavy (non-hydrogen) atoms. The number of carbonyl (C=O) groups is 2. The maximum Gasteiger partial charge on any atom is 0.270 e. The van der Waals surface area contributed by atoms with E-state index in [0.717, 1.165) is 4.88 Å². The Labute approximate surface area is 148 Å². The number of hydrogen-bond donors (Lipinski definition) is 1. The molecule has 7 nitrogen and oxygen atoms in total. The van der Waals surface area contributed by atoms with Crippen molar-refractivity contribution in [2.45, 2.75) is 13.5 Å². The van der Waals surface area contributed by atoms with Gasteiger partial charge in [-0.2, -0.15) is 0 Å². The predicted octanol–water partition coefficient (Wildman–Crippen LogP) is 2.61. The molecule has 0 aliphatic carbocycles. The fraction of sp³-hybridized carbons (Fsp3) is 0.235. The van der Waals surface area contributed by atoms with Crippen molar-refractivity contribution in [2.24, 2.45) is 0 Å². The highest BCUT2D eigenvalue weighted by Gasteiger charge is 2.19. The maximum absolute atomic E-state index is 12.6. The Hall–Kier alpha value is -2.87. The van der Waals surface area contributed by atoms with Gasteiger partial charge in [0.1, 0.15) is 11.5 Å². The zero-order chi connectivity index (χ0) is 17.8. The Balaban J connectivity index is 1.62. The van der Waals surface area contributed by atoms with Crippen LogP contribution < -0.4 is 5.32 Å². The quantitative estimate of drug-likeness (QED) is 0.734. The van der Waals surface area contributed by atoms with E-state index in [1.807, 2.05) is 34.3 Å². The minimum atomic E-state index is -0.333. The van der Waals surface area contributed by atoms with E-state index in [-0.39, 0.29) is 18.4 Å². The molecule has 3 heterocycles. The molecule has 3 aromatic rings. The molecule has 0 unspecified atom stereocenters. The van der Waals surface area contributed by atoms with E-state index in [1.165, 1.54) is 4.90 Å². The zero-order valence-electron chi connectivity index (χ0n) is 13.9. The third-order valence-corrected chi connectivity index (χ3v) is 4.44. The molecule has 0 radical (unpaired) electrons. The summed E-state index contributed by atoms with van der Waals surface area (Å²) >= 11 is 1.64. The van der Waals surface area contributed by atoms with E-state index in [1.54, 1.807) is 37.4 Å². The van der Waals surface area contributed by atoms with E-state index in [9.17, 15) is 9.59 Å². The van der Waals surface area contributed by atoms with E-state index < -0.39 is 0 Å². The molecule has 0 aliphatic heterocycles. The van der Waals surface area contributed by atoms with Crippen molar-refractivity contribution in [3.63, 3.8) is 0 Å². The summed E-state index contributed by atoms with van der Waals surface area (Å²) in [5.41, 5.74) is 0.543. The van der Waals surface area contributed by atoms with Crippen LogP contribution in [0.2, 0.25) is 0 Å². The number of aromatic nitrogens is 2. The highest BCUT2D eigenvalue weighted by atomic mass is 32.1. The monoisotopic (exact) mass is 358 g/mol. The Morgan fingerprint density at radius 3 is 2.88 bits per heavy atom. The number of aryl methyl sites for hydroxylation is 1. The van der Waals surface area contributed by atoms with Crippen LogP contribution in [0.15, 0.2) is 46.4 Å². The van der Waals surface area contributed by atoms with Crippen molar-refractivity contribution in [1.29, 1.82) is 0 Å². The van der Waals surface area contributed by atoms with Crippen molar-refractivity contribution in [2.75, 3.05) is 18.9 Å². The first-order valence-corrected chi connectivity index (χ1v) is 8.57. The molecule has 8 heteroatoms. The smallest absolute Gasteiger partial charge is 0.270 e. The van der Waals surface area contributed by atoms with Crippen LogP contribution in [0.4, 0.5) is 5.82 Å². The SMILES string of the molecule is Cc1cc(NC(=O)CN(C)C(=O)c2cccn2Cc2cccs2)no1. The normalized spacial score (nSPS) is 10.6. The Morgan fingerprint density at radius 2 is 2.20 bits per heavy atom. The number of thiophene rings is 1.